The van der Waals surface area contributed by atoms with Crippen molar-refractivity contribution in [2.45, 2.75) is 7.43 Å². The predicted molar refractivity (Wildman–Crippen MR) is 64.1 cm³/mol. The van der Waals surface area contributed by atoms with Crippen LogP contribution in [0.3, 0.4) is 0 Å². The molecule has 0 nitrogen and oxygen atoms in total. The minimum atomic E-state index is 0. The molecule has 0 N–H and O–H groups in total. The third-order valence-electron chi connectivity index (χ3n) is 0. The SMILES string of the molecule is C.FF.FF.FF.FF.FF.FF.FF.FF.FF.FF.FF.FF.FF.FF.FF.FF.FF.FF.FF.FF.[2H]F.[2H][2H].[2H][2H].[2H][2H].[2H][2H].[2H][2H]. The summed E-state index contributed by atoms with van der Waals surface area (Å²) >= 11 is 0. The lowest BCUT2D eigenvalue weighted by molar-refractivity contribution is 0.108. The Kier molecular flexibility index (Phi) is 16200. The third kappa shape index (κ3) is 5880. The molecule has 0 fully saturated rings. The largest absolute Gasteiger partial charge is 0.269 e. The molecule has 0 aromatic carbocycles. The minimum Gasteiger partial charge on any atom is -0.269 e. The van der Waals surface area contributed by atoms with Crippen molar-refractivity contribution >= 4 is 0 Å². The zero-order chi connectivity index (χ0) is 52.0. The second-order valence-electron chi connectivity index (χ2n) is 0. The van der Waals surface area contributed by atoms with Gasteiger partial charge in [-0.1, -0.05) is 7.43 Å². The maximum absolute atomic E-state index is 8.75. The fraction of sp³-hybridized carbons (Fsp3) is 1.00. The molecule has 0 heterocycles. The van der Waals surface area contributed by atoms with Crippen molar-refractivity contribution in [1.82, 2.24) is 0 Å². The molecule has 306 valence electrons. The Bertz CT molecular complexity index is 45.9. The van der Waals surface area contributed by atoms with Gasteiger partial charge >= 0.3 is 0 Å². The lowest BCUT2D eigenvalue weighted by Gasteiger charge is -1.00. The lowest BCUT2D eigenvalue weighted by Crippen LogP contribution is -0.580. The Morgan fingerprint density at radius 2 is 0.190 bits per heavy atom. The number of halogens is 41. The van der Waals surface area contributed by atoms with Gasteiger partial charge in [-0.25, -0.2) is 0 Å². The molecule has 0 saturated heterocycles. The first-order chi connectivity index (χ1) is 26.0. The van der Waals surface area contributed by atoms with Crippen molar-refractivity contribution in [3.8, 4) is 0 Å². The zero-order valence-electron chi connectivity index (χ0n) is 26.5. The second-order valence-corrected chi connectivity index (χ2v) is 0. The van der Waals surface area contributed by atoms with E-state index in [0.717, 1.165) is 0 Å². The molecule has 0 saturated carbocycles. The molecule has 41 heteroatoms. The van der Waals surface area contributed by atoms with Crippen LogP contribution in [0.25, 0.3) is 0 Å². The molecule has 0 aliphatic heterocycles. The first-order valence-electron chi connectivity index (χ1n) is 8.24. The van der Waals surface area contributed by atoms with Gasteiger partial charge in [-0.15, -0.1) is 0 Å². The van der Waals surface area contributed by atoms with Crippen LogP contribution in [0.4, 0.5) is 188 Å². The molecule has 0 aromatic rings. The van der Waals surface area contributed by atoms with Gasteiger partial charge in [0.2, 0.25) is 0 Å². The lowest BCUT2D eigenvalue weighted by atomic mass is 12.0. The molecule has 0 aliphatic carbocycles. The average molecular weight is 817 g/mol. The summed E-state index contributed by atoms with van der Waals surface area (Å²) in [6.07, 6.45) is 0. The first-order valence-corrected chi connectivity index (χ1v) is 2.86. The van der Waals surface area contributed by atoms with Crippen molar-refractivity contribution in [2.75, 3.05) is 0 Å². The summed E-state index contributed by atoms with van der Waals surface area (Å²) in [4.78, 5) is 0. The fourth-order valence-corrected chi connectivity index (χ4v) is 0. The molecule has 0 atom stereocenters. The molecule has 0 rings (SSSR count). The van der Waals surface area contributed by atoms with Crippen LogP contribution < -0.4 is 0 Å². The molecular formula is CH15F41. The molecule has 42 heavy (non-hydrogen) atoms. The van der Waals surface area contributed by atoms with E-state index < -0.39 is 0 Å². The molecule has 0 aromatic heterocycles. The maximum Gasteiger partial charge on any atom is 0.269 e. The van der Waals surface area contributed by atoms with E-state index in [0.29, 0.717) is 0 Å². The van der Waals surface area contributed by atoms with Crippen LogP contribution in [0.15, 0.2) is 0 Å². The van der Waals surface area contributed by atoms with Gasteiger partial charge in [0.15, 0.2) is 0 Å². The molecule has 0 aliphatic rings. The predicted octanol–water partition coefficient (Wildman–Crippen LogP) is 18.8. The number of hydrogen-bond donors (Lipinski definition) is 0. The van der Waals surface area contributed by atoms with E-state index in [2.05, 4.69) is 1.45 Å². The van der Waals surface area contributed by atoms with Gasteiger partial charge in [-0.05, 0) is 0 Å². The minimum absolute atomic E-state index is 0. The van der Waals surface area contributed by atoms with Gasteiger partial charge in [0, 0.05) is 198 Å². The molecule has 0 spiro atoms. The van der Waals surface area contributed by atoms with E-state index >= 15 is 0 Å². The van der Waals surface area contributed by atoms with Crippen molar-refractivity contribution in [3.05, 3.63) is 0 Å². The van der Waals surface area contributed by atoms with Gasteiger partial charge in [0.1, 0.15) is 0 Å². The van der Waals surface area contributed by atoms with Crippen molar-refractivity contribution in [3.63, 3.8) is 0 Å². The molecular weight excluding hydrogens is 791 g/mol. The summed E-state index contributed by atoms with van der Waals surface area (Å²) in [5.41, 5.74) is 0. The van der Waals surface area contributed by atoms with Gasteiger partial charge in [-0.3, -0.25) is 4.72 Å². The highest BCUT2D eigenvalue weighted by Gasteiger charge is 1.04. The molecule has 0 amide bonds. The summed E-state index contributed by atoms with van der Waals surface area (Å²) in [6, 6.07) is 0. The van der Waals surface area contributed by atoms with E-state index in [1.54, 1.807) is 0 Å². The third-order valence-corrected chi connectivity index (χ3v) is 0. The summed E-state index contributed by atoms with van der Waals surface area (Å²) < 4.78 is 383. The van der Waals surface area contributed by atoms with Gasteiger partial charge in [-0.2, -0.15) is 0 Å². The first kappa shape index (κ1) is 106. The molecule has 0 unspecified atom stereocenters. The highest BCUT2D eigenvalue weighted by atomic mass is 20.0. The Labute approximate surface area is 214 Å². The monoisotopic (exact) mass is 817 g/mol. The van der Waals surface area contributed by atoms with Crippen LogP contribution in [0, 0.1) is 0 Å². The zero-order valence-corrected chi connectivity index (χ0v) is 15.5. The quantitative estimate of drug-likeness (QED) is 0.214. The number of rotatable bonds is 0. The Morgan fingerprint density at radius 3 is 0.190 bits per heavy atom. The standard InChI is InChI=1S/CH4.20F2.FH.5H2/c;20*1-2;;;;;;/h1H4;;;;;;;;;;;;;;;;;;;;;6*1H/i;;;;;;;;;;;;;;;;;;;;;;5*1+1D/hD. The summed E-state index contributed by atoms with van der Waals surface area (Å²) in [5, 5.41) is 0. The van der Waals surface area contributed by atoms with E-state index in [4.69, 9.17) is 203 Å². The van der Waals surface area contributed by atoms with Crippen LogP contribution in [-0.2, 0) is 0 Å². The Morgan fingerprint density at radius 1 is 0.190 bits per heavy atom. The highest BCUT2D eigenvalue weighted by molar-refractivity contribution is 2.50. The van der Waals surface area contributed by atoms with Crippen molar-refractivity contribution < 1.29 is 203 Å². The van der Waals surface area contributed by atoms with Gasteiger partial charge < -0.3 is 0 Å². The van der Waals surface area contributed by atoms with Crippen LogP contribution >= 0.6 is 0 Å². The average Bonchev–Trinajstić information content (AvgIpc) is 3.40. The maximum atomic E-state index is 8.75. The van der Waals surface area contributed by atoms with Crippen LogP contribution in [0.1, 0.15) is 22.3 Å². The van der Waals surface area contributed by atoms with E-state index in [1.807, 2.05) is 0 Å². The topological polar surface area (TPSA) is 0 Å². The molecule has 0 radical (unpaired) electrons. The Hall–Kier alpha value is -2.87. The summed E-state index contributed by atoms with van der Waals surface area (Å²) in [7, 11) is 0. The van der Waals surface area contributed by atoms with Crippen LogP contribution in [-0.4, -0.2) is 1.45 Å². The van der Waals surface area contributed by atoms with Crippen molar-refractivity contribution in [1.29, 1.82) is 1.45 Å². The fourth-order valence-electron chi connectivity index (χ4n) is 0. The van der Waals surface area contributed by atoms with Crippen LogP contribution in [0.5, 0.6) is 0 Å². The van der Waals surface area contributed by atoms with Gasteiger partial charge in [0.05, 0.1) is 0 Å². The smallest absolute Gasteiger partial charge is 0.269 e. The van der Waals surface area contributed by atoms with Crippen molar-refractivity contribution in [2.24, 2.45) is 0 Å². The molecule has 0 bridgehead atoms. The van der Waals surface area contributed by atoms with E-state index in [9.17, 15) is 0 Å². The highest BCUT2D eigenvalue weighted by Crippen LogP contribution is 1.46. The number of hydrogen-bond acceptors (Lipinski definition) is 0. The normalized spacial score (nSPS) is 3.98. The summed E-state index contributed by atoms with van der Waals surface area (Å²) in [5.74, 6) is 0. The van der Waals surface area contributed by atoms with Crippen LogP contribution in [0.2, 0.25) is 0 Å². The van der Waals surface area contributed by atoms with E-state index in [1.165, 1.54) is 0 Å². The van der Waals surface area contributed by atoms with Gasteiger partial charge in [0.25, 0.3) is 1.45 Å². The van der Waals surface area contributed by atoms with E-state index in [-0.39, 0.29) is 7.43 Å². The second kappa shape index (κ2) is 6380. The summed E-state index contributed by atoms with van der Waals surface area (Å²) in [6.45, 7) is 0. The Balaban J connectivity index is -0.00000000530.